The monoisotopic (exact) mass is 225 g/mol. The Hall–Kier alpha value is -1.85. The third-order valence-electron chi connectivity index (χ3n) is 2.21. The fourth-order valence-corrected chi connectivity index (χ4v) is 1.28. The van der Waals surface area contributed by atoms with Gasteiger partial charge in [-0.2, -0.15) is 0 Å². The minimum atomic E-state index is -0.879. The maximum Gasteiger partial charge on any atom is 0.305 e. The van der Waals surface area contributed by atoms with Gasteiger partial charge in [0.05, 0.1) is 12.7 Å². The smallest absolute Gasteiger partial charge is 0.305 e. The van der Waals surface area contributed by atoms with Crippen LogP contribution in [0.1, 0.15) is 20.3 Å². The lowest BCUT2D eigenvalue weighted by Crippen LogP contribution is -2.29. The lowest BCUT2D eigenvalue weighted by Gasteiger charge is -2.20. The van der Waals surface area contributed by atoms with Crippen molar-refractivity contribution in [3.63, 3.8) is 0 Å². The molecule has 0 spiro atoms. The van der Waals surface area contributed by atoms with Crippen molar-refractivity contribution in [1.82, 2.24) is 9.97 Å². The summed E-state index contributed by atoms with van der Waals surface area (Å²) in [6.45, 7) is 3.82. The van der Waals surface area contributed by atoms with E-state index in [4.69, 9.17) is 5.11 Å². The lowest BCUT2D eigenvalue weighted by atomic mass is 10.0. The molecular weight excluding hydrogens is 210 g/mol. The topological polar surface area (TPSA) is 95.1 Å². The summed E-state index contributed by atoms with van der Waals surface area (Å²) in [6.07, 6.45) is 1.27. The molecule has 0 amide bonds. The van der Waals surface area contributed by atoms with Crippen LogP contribution in [0.15, 0.2) is 17.2 Å². The first-order valence-corrected chi connectivity index (χ1v) is 5.02. The molecule has 3 N–H and O–H groups in total. The van der Waals surface area contributed by atoms with Crippen molar-refractivity contribution < 1.29 is 9.90 Å². The largest absolute Gasteiger partial charge is 0.481 e. The van der Waals surface area contributed by atoms with E-state index in [2.05, 4.69) is 15.3 Å². The Balaban J connectivity index is 2.75. The molecule has 1 rings (SSSR count). The summed E-state index contributed by atoms with van der Waals surface area (Å²) < 4.78 is 0. The summed E-state index contributed by atoms with van der Waals surface area (Å²) in [5.74, 6) is -0.350. The molecule has 6 heteroatoms. The van der Waals surface area contributed by atoms with Gasteiger partial charge in [0.2, 0.25) is 0 Å². The van der Waals surface area contributed by atoms with Crippen LogP contribution in [0, 0.1) is 5.92 Å². The number of carboxylic acid groups (broad SMARTS) is 1. The summed E-state index contributed by atoms with van der Waals surface area (Å²) in [5.41, 5.74) is -0.268. The number of anilines is 1. The first-order chi connectivity index (χ1) is 7.49. The summed E-state index contributed by atoms with van der Waals surface area (Å²) in [6, 6.07) is 1.06. The van der Waals surface area contributed by atoms with Gasteiger partial charge in [-0.25, -0.2) is 4.98 Å². The number of hydrogen-bond donors (Lipinski definition) is 3. The zero-order chi connectivity index (χ0) is 12.1. The Morgan fingerprint density at radius 1 is 1.62 bits per heavy atom. The van der Waals surface area contributed by atoms with E-state index < -0.39 is 5.97 Å². The quantitative estimate of drug-likeness (QED) is 0.685. The average Bonchev–Trinajstić information content (AvgIpc) is 2.15. The Morgan fingerprint density at radius 2 is 2.31 bits per heavy atom. The van der Waals surface area contributed by atoms with Crippen LogP contribution in [-0.4, -0.2) is 27.1 Å². The number of aromatic amines is 1. The Morgan fingerprint density at radius 3 is 2.81 bits per heavy atom. The molecule has 0 aliphatic carbocycles. The molecule has 0 saturated heterocycles. The standard InChI is InChI=1S/C10H15N3O3/c1-6(2)7(3-10(15)16)13-8-4-9(14)12-5-11-8/h4-7H,3H2,1-2H3,(H,15,16)(H2,11,12,13,14). The number of carbonyl (C=O) groups is 1. The van der Waals surface area contributed by atoms with Crippen molar-refractivity contribution in [3.05, 3.63) is 22.7 Å². The molecule has 0 bridgehead atoms. The summed E-state index contributed by atoms with van der Waals surface area (Å²) in [7, 11) is 0. The zero-order valence-corrected chi connectivity index (χ0v) is 9.23. The second-order valence-corrected chi connectivity index (χ2v) is 3.89. The Bertz CT molecular complexity index is 414. The molecule has 1 aromatic heterocycles. The Kier molecular flexibility index (Phi) is 4.04. The lowest BCUT2D eigenvalue weighted by molar-refractivity contribution is -0.137. The van der Waals surface area contributed by atoms with Crippen LogP contribution in [-0.2, 0) is 4.79 Å². The van der Waals surface area contributed by atoms with E-state index in [0.29, 0.717) is 5.82 Å². The highest BCUT2D eigenvalue weighted by molar-refractivity contribution is 5.68. The predicted molar refractivity (Wildman–Crippen MR) is 59.4 cm³/mol. The molecular formula is C10H15N3O3. The highest BCUT2D eigenvalue weighted by Crippen LogP contribution is 2.11. The number of aromatic nitrogens is 2. The van der Waals surface area contributed by atoms with Gasteiger partial charge in [0, 0.05) is 12.1 Å². The van der Waals surface area contributed by atoms with Crippen LogP contribution in [0.5, 0.6) is 0 Å². The molecule has 0 aromatic carbocycles. The van der Waals surface area contributed by atoms with Gasteiger partial charge in [0.25, 0.3) is 5.56 Å². The van der Waals surface area contributed by atoms with E-state index in [1.54, 1.807) is 0 Å². The van der Waals surface area contributed by atoms with Crippen LogP contribution in [0.25, 0.3) is 0 Å². The third kappa shape index (κ3) is 3.72. The first kappa shape index (κ1) is 12.2. The molecule has 1 atom stereocenters. The van der Waals surface area contributed by atoms with E-state index >= 15 is 0 Å². The van der Waals surface area contributed by atoms with Gasteiger partial charge in [-0.05, 0) is 5.92 Å². The van der Waals surface area contributed by atoms with E-state index in [1.807, 2.05) is 13.8 Å². The fourth-order valence-electron chi connectivity index (χ4n) is 1.28. The molecule has 16 heavy (non-hydrogen) atoms. The summed E-state index contributed by atoms with van der Waals surface area (Å²) in [4.78, 5) is 28.0. The number of hydrogen-bond acceptors (Lipinski definition) is 4. The number of H-pyrrole nitrogens is 1. The van der Waals surface area contributed by atoms with Gasteiger partial charge in [-0.3, -0.25) is 9.59 Å². The van der Waals surface area contributed by atoms with Gasteiger partial charge >= 0.3 is 5.97 Å². The van der Waals surface area contributed by atoms with Crippen molar-refractivity contribution in [1.29, 1.82) is 0 Å². The van der Waals surface area contributed by atoms with Gasteiger partial charge in [0.15, 0.2) is 0 Å². The SMILES string of the molecule is CC(C)C(CC(=O)O)Nc1cc(=O)[nH]cn1. The number of aliphatic carboxylic acids is 1. The molecule has 1 aromatic rings. The molecule has 88 valence electrons. The maximum atomic E-state index is 11.0. The Labute approximate surface area is 92.7 Å². The van der Waals surface area contributed by atoms with Crippen LogP contribution in [0.4, 0.5) is 5.82 Å². The maximum absolute atomic E-state index is 11.0. The fraction of sp³-hybridized carbons (Fsp3) is 0.500. The van der Waals surface area contributed by atoms with Gasteiger partial charge in [-0.15, -0.1) is 0 Å². The van der Waals surface area contributed by atoms with Crippen LogP contribution in [0.2, 0.25) is 0 Å². The van der Waals surface area contributed by atoms with Crippen molar-refractivity contribution in [2.45, 2.75) is 26.3 Å². The molecule has 0 aliphatic heterocycles. The highest BCUT2D eigenvalue weighted by Gasteiger charge is 2.17. The molecule has 1 heterocycles. The number of rotatable bonds is 5. The van der Waals surface area contributed by atoms with E-state index in [-0.39, 0.29) is 23.9 Å². The van der Waals surface area contributed by atoms with Crippen molar-refractivity contribution in [2.24, 2.45) is 5.92 Å². The first-order valence-electron chi connectivity index (χ1n) is 5.02. The highest BCUT2D eigenvalue weighted by atomic mass is 16.4. The molecule has 6 nitrogen and oxygen atoms in total. The zero-order valence-electron chi connectivity index (χ0n) is 9.23. The molecule has 0 fully saturated rings. The van der Waals surface area contributed by atoms with Crippen LogP contribution in [0.3, 0.4) is 0 Å². The minimum absolute atomic E-state index is 0.00779. The van der Waals surface area contributed by atoms with E-state index in [1.165, 1.54) is 12.4 Å². The molecule has 0 radical (unpaired) electrons. The normalized spacial score (nSPS) is 12.4. The molecule has 0 aliphatic rings. The molecule has 1 unspecified atom stereocenters. The second-order valence-electron chi connectivity index (χ2n) is 3.89. The van der Waals surface area contributed by atoms with Gasteiger partial charge in [-0.1, -0.05) is 13.8 Å². The number of nitrogens with zero attached hydrogens (tertiary/aromatic N) is 1. The summed E-state index contributed by atoms with van der Waals surface area (Å²) >= 11 is 0. The van der Waals surface area contributed by atoms with Crippen LogP contribution < -0.4 is 10.9 Å². The van der Waals surface area contributed by atoms with Crippen molar-refractivity contribution in [2.75, 3.05) is 5.32 Å². The van der Waals surface area contributed by atoms with E-state index in [0.717, 1.165) is 0 Å². The number of nitrogens with one attached hydrogen (secondary N) is 2. The van der Waals surface area contributed by atoms with Crippen LogP contribution >= 0.6 is 0 Å². The number of carboxylic acids is 1. The van der Waals surface area contributed by atoms with Crippen molar-refractivity contribution >= 4 is 11.8 Å². The van der Waals surface area contributed by atoms with E-state index in [9.17, 15) is 9.59 Å². The average molecular weight is 225 g/mol. The van der Waals surface area contributed by atoms with Gasteiger partial charge < -0.3 is 15.4 Å². The minimum Gasteiger partial charge on any atom is -0.481 e. The summed E-state index contributed by atoms with van der Waals surface area (Å²) in [5, 5.41) is 11.7. The third-order valence-corrected chi connectivity index (χ3v) is 2.21. The van der Waals surface area contributed by atoms with Crippen molar-refractivity contribution in [3.8, 4) is 0 Å². The molecule has 0 saturated carbocycles. The van der Waals surface area contributed by atoms with Gasteiger partial charge in [0.1, 0.15) is 5.82 Å². The second kappa shape index (κ2) is 5.29. The predicted octanol–water partition coefficient (Wildman–Crippen LogP) is 0.681.